The van der Waals surface area contributed by atoms with Crippen LogP contribution in [-0.2, 0) is 0 Å². The number of carboxylic acid groups (broad SMARTS) is 1. The first kappa shape index (κ1) is 12.0. The van der Waals surface area contributed by atoms with Gasteiger partial charge in [0.1, 0.15) is 0 Å². The molecule has 0 aromatic heterocycles. The van der Waals surface area contributed by atoms with Crippen LogP contribution in [0.25, 0.3) is 0 Å². The van der Waals surface area contributed by atoms with Crippen LogP contribution in [0.1, 0.15) is 41.6 Å². The van der Waals surface area contributed by atoms with Crippen LogP contribution in [0.5, 0.6) is 0 Å². The van der Waals surface area contributed by atoms with Crippen molar-refractivity contribution in [2.75, 3.05) is 11.9 Å². The van der Waals surface area contributed by atoms with Gasteiger partial charge in [-0.3, -0.25) is 0 Å². The molecule has 0 bridgehead atoms. The maximum Gasteiger partial charge on any atom is 0.337 e. The third kappa shape index (κ3) is 2.43. The van der Waals surface area contributed by atoms with E-state index >= 15 is 0 Å². The smallest absolute Gasteiger partial charge is 0.337 e. The number of aromatic carboxylic acids is 1. The van der Waals surface area contributed by atoms with Crippen molar-refractivity contribution in [1.29, 1.82) is 0 Å². The molecule has 92 valence electrons. The van der Waals surface area contributed by atoms with Gasteiger partial charge in [0.05, 0.1) is 11.3 Å². The van der Waals surface area contributed by atoms with E-state index < -0.39 is 5.97 Å². The molecule has 1 aliphatic rings. The van der Waals surface area contributed by atoms with Gasteiger partial charge in [0.15, 0.2) is 0 Å². The summed E-state index contributed by atoms with van der Waals surface area (Å²) in [6.07, 6.45) is 4.85. The third-order valence-corrected chi connectivity index (χ3v) is 3.64. The first-order valence-corrected chi connectivity index (χ1v) is 6.16. The molecule has 1 N–H and O–H groups in total. The molecule has 17 heavy (non-hydrogen) atoms. The van der Waals surface area contributed by atoms with E-state index in [1.165, 1.54) is 25.7 Å². The average molecular weight is 233 g/mol. The third-order valence-electron chi connectivity index (χ3n) is 3.64. The lowest BCUT2D eigenvalue weighted by molar-refractivity contribution is 0.0697. The molecular weight excluding hydrogens is 214 g/mol. The van der Waals surface area contributed by atoms with E-state index in [1.54, 1.807) is 6.07 Å². The second-order valence-corrected chi connectivity index (χ2v) is 4.87. The second kappa shape index (κ2) is 4.78. The first-order chi connectivity index (χ1) is 8.09. The highest BCUT2D eigenvalue weighted by atomic mass is 16.4. The molecule has 0 atom stereocenters. The van der Waals surface area contributed by atoms with Gasteiger partial charge in [0, 0.05) is 13.1 Å². The van der Waals surface area contributed by atoms with Gasteiger partial charge in [-0.2, -0.15) is 0 Å². The molecule has 0 unspecified atom stereocenters. The Bertz CT molecular complexity index is 422. The van der Waals surface area contributed by atoms with Crippen LogP contribution in [0.4, 0.5) is 5.69 Å². The number of carboxylic acids is 1. The molecule has 0 spiro atoms. The van der Waals surface area contributed by atoms with Crippen molar-refractivity contribution < 1.29 is 9.90 Å². The lowest BCUT2D eigenvalue weighted by Gasteiger charge is -2.28. The predicted molar refractivity (Wildman–Crippen MR) is 68.8 cm³/mol. The van der Waals surface area contributed by atoms with E-state index in [0.717, 1.165) is 11.3 Å². The Hall–Kier alpha value is -1.51. The molecule has 3 nitrogen and oxygen atoms in total. The van der Waals surface area contributed by atoms with E-state index in [4.69, 9.17) is 0 Å². The summed E-state index contributed by atoms with van der Waals surface area (Å²) in [5.41, 5.74) is 2.37. The number of hydrogen-bond acceptors (Lipinski definition) is 2. The van der Waals surface area contributed by atoms with Crippen molar-refractivity contribution in [2.24, 2.45) is 0 Å². The maximum atomic E-state index is 11.2. The van der Waals surface area contributed by atoms with Crippen molar-refractivity contribution in [2.45, 2.75) is 38.6 Å². The van der Waals surface area contributed by atoms with E-state index in [-0.39, 0.29) is 0 Å². The molecule has 0 amide bonds. The van der Waals surface area contributed by atoms with E-state index in [0.29, 0.717) is 11.6 Å². The minimum Gasteiger partial charge on any atom is -0.478 e. The summed E-state index contributed by atoms with van der Waals surface area (Å²) in [5, 5.41) is 9.22. The molecule has 0 aliphatic heterocycles. The number of hydrogen-bond donors (Lipinski definition) is 1. The molecule has 1 aromatic rings. The lowest BCUT2D eigenvalue weighted by atomic mass is 10.1. The summed E-state index contributed by atoms with van der Waals surface area (Å²) in [6, 6.07) is 6.03. The van der Waals surface area contributed by atoms with Gasteiger partial charge in [-0.05, 0) is 37.5 Å². The number of rotatable bonds is 3. The molecule has 0 radical (unpaired) electrons. The summed E-state index contributed by atoms with van der Waals surface area (Å²) in [4.78, 5) is 13.4. The van der Waals surface area contributed by atoms with Gasteiger partial charge in [0.2, 0.25) is 0 Å². The topological polar surface area (TPSA) is 40.5 Å². The molecule has 1 aromatic carbocycles. The molecule has 2 rings (SSSR count). The number of benzene rings is 1. The summed E-state index contributed by atoms with van der Waals surface area (Å²) < 4.78 is 0. The predicted octanol–water partition coefficient (Wildman–Crippen LogP) is 3.07. The summed E-state index contributed by atoms with van der Waals surface area (Å²) in [5.74, 6) is -0.843. The van der Waals surface area contributed by atoms with Gasteiger partial charge < -0.3 is 10.0 Å². The molecule has 0 heterocycles. The van der Waals surface area contributed by atoms with Crippen LogP contribution in [0.2, 0.25) is 0 Å². The fraction of sp³-hybridized carbons (Fsp3) is 0.500. The molecule has 0 saturated heterocycles. The summed E-state index contributed by atoms with van der Waals surface area (Å²) in [6.45, 7) is 2.00. The Labute approximate surface area is 102 Å². The van der Waals surface area contributed by atoms with E-state index in [2.05, 4.69) is 4.90 Å². The fourth-order valence-electron chi connectivity index (χ4n) is 2.60. The van der Waals surface area contributed by atoms with Gasteiger partial charge in [-0.25, -0.2) is 4.79 Å². The molecule has 1 aliphatic carbocycles. The van der Waals surface area contributed by atoms with Crippen molar-refractivity contribution in [1.82, 2.24) is 0 Å². The normalized spacial score (nSPS) is 16.1. The zero-order valence-corrected chi connectivity index (χ0v) is 10.4. The SMILES string of the molecule is Cc1ccc(C(=O)O)c(N(C)C2CCCC2)c1. The standard InChI is InChI=1S/C14H19NO2/c1-10-7-8-12(14(16)17)13(9-10)15(2)11-5-3-4-6-11/h7-9,11H,3-6H2,1-2H3,(H,16,17). The Balaban J connectivity index is 2.34. The van der Waals surface area contributed by atoms with Crippen LogP contribution in [0.3, 0.4) is 0 Å². The van der Waals surface area contributed by atoms with Crippen molar-refractivity contribution in [3.05, 3.63) is 29.3 Å². The van der Waals surface area contributed by atoms with Crippen molar-refractivity contribution >= 4 is 11.7 Å². The fourth-order valence-corrected chi connectivity index (χ4v) is 2.60. The minimum absolute atomic E-state index is 0.407. The van der Waals surface area contributed by atoms with Gasteiger partial charge in [-0.1, -0.05) is 18.9 Å². The highest BCUT2D eigenvalue weighted by Gasteiger charge is 2.23. The van der Waals surface area contributed by atoms with E-state index in [1.807, 2.05) is 26.1 Å². The molecule has 1 fully saturated rings. The highest BCUT2D eigenvalue weighted by molar-refractivity contribution is 5.94. The van der Waals surface area contributed by atoms with Gasteiger partial charge in [0.25, 0.3) is 0 Å². The van der Waals surface area contributed by atoms with Crippen molar-refractivity contribution in [3.8, 4) is 0 Å². The largest absolute Gasteiger partial charge is 0.478 e. The van der Waals surface area contributed by atoms with Crippen LogP contribution >= 0.6 is 0 Å². The number of anilines is 1. The quantitative estimate of drug-likeness (QED) is 0.872. The zero-order valence-electron chi connectivity index (χ0n) is 10.4. The Morgan fingerprint density at radius 2 is 2.00 bits per heavy atom. The lowest BCUT2D eigenvalue weighted by Crippen LogP contribution is -2.30. The molecular formula is C14H19NO2. The second-order valence-electron chi connectivity index (χ2n) is 4.87. The minimum atomic E-state index is -0.843. The Kier molecular flexibility index (Phi) is 3.36. The zero-order chi connectivity index (χ0) is 12.4. The van der Waals surface area contributed by atoms with Crippen LogP contribution in [0.15, 0.2) is 18.2 Å². The monoisotopic (exact) mass is 233 g/mol. The Morgan fingerprint density at radius 3 is 2.59 bits per heavy atom. The van der Waals surface area contributed by atoms with Gasteiger partial charge in [-0.15, -0.1) is 0 Å². The molecule has 1 saturated carbocycles. The van der Waals surface area contributed by atoms with Crippen LogP contribution in [-0.4, -0.2) is 24.2 Å². The Morgan fingerprint density at radius 1 is 1.35 bits per heavy atom. The molecule has 3 heteroatoms. The van der Waals surface area contributed by atoms with E-state index in [9.17, 15) is 9.90 Å². The first-order valence-electron chi connectivity index (χ1n) is 6.16. The van der Waals surface area contributed by atoms with Crippen molar-refractivity contribution in [3.63, 3.8) is 0 Å². The number of carbonyl (C=O) groups is 1. The highest BCUT2D eigenvalue weighted by Crippen LogP contribution is 2.29. The number of nitrogens with zero attached hydrogens (tertiary/aromatic N) is 1. The summed E-state index contributed by atoms with van der Waals surface area (Å²) >= 11 is 0. The van der Waals surface area contributed by atoms with Gasteiger partial charge >= 0.3 is 5.97 Å². The van der Waals surface area contributed by atoms with Crippen LogP contribution < -0.4 is 4.90 Å². The van der Waals surface area contributed by atoms with Crippen LogP contribution in [0, 0.1) is 6.92 Å². The number of aryl methyl sites for hydroxylation is 1. The average Bonchev–Trinajstić information content (AvgIpc) is 2.80. The summed E-state index contributed by atoms with van der Waals surface area (Å²) in [7, 11) is 2.01. The maximum absolute atomic E-state index is 11.2.